The second kappa shape index (κ2) is 6.67. The van der Waals surface area contributed by atoms with E-state index in [1.165, 1.54) is 0 Å². The normalized spacial score (nSPS) is 17.9. The fourth-order valence-corrected chi connectivity index (χ4v) is 1.75. The molecule has 1 aliphatic heterocycles. The summed E-state index contributed by atoms with van der Waals surface area (Å²) >= 11 is 0. The molecule has 0 aromatic rings. The number of hydrogen-bond acceptors (Lipinski definition) is 2. The van der Waals surface area contributed by atoms with Crippen LogP contribution in [0.2, 0.25) is 0 Å². The Morgan fingerprint density at radius 1 is 1.20 bits per heavy atom. The molecular weight excluding hydrogens is 190 g/mol. The standard InChI is InChI=1S/C11H23N3O/c1-3-5-6-12-11(15)14-9-7-13(4-2)8-10-14/h3-10H2,1-2H3,(H,12,15). The summed E-state index contributed by atoms with van der Waals surface area (Å²) in [5.74, 6) is 0. The third-order valence-corrected chi connectivity index (χ3v) is 2.91. The zero-order chi connectivity index (χ0) is 11.1. The van der Waals surface area contributed by atoms with Crippen molar-refractivity contribution in [3.05, 3.63) is 0 Å². The van der Waals surface area contributed by atoms with Crippen molar-refractivity contribution in [3.8, 4) is 0 Å². The second-order valence-corrected chi connectivity index (χ2v) is 4.01. The third-order valence-electron chi connectivity index (χ3n) is 2.91. The van der Waals surface area contributed by atoms with Crippen LogP contribution >= 0.6 is 0 Å². The molecule has 15 heavy (non-hydrogen) atoms. The fourth-order valence-electron chi connectivity index (χ4n) is 1.75. The van der Waals surface area contributed by atoms with Gasteiger partial charge in [-0.25, -0.2) is 4.79 Å². The van der Waals surface area contributed by atoms with Gasteiger partial charge in [0.05, 0.1) is 0 Å². The zero-order valence-corrected chi connectivity index (χ0v) is 9.96. The Hall–Kier alpha value is -0.770. The van der Waals surface area contributed by atoms with E-state index in [1.54, 1.807) is 0 Å². The topological polar surface area (TPSA) is 35.6 Å². The summed E-state index contributed by atoms with van der Waals surface area (Å²) in [4.78, 5) is 16.0. The summed E-state index contributed by atoms with van der Waals surface area (Å²) in [6.45, 7) is 9.95. The molecule has 0 unspecified atom stereocenters. The van der Waals surface area contributed by atoms with E-state index in [-0.39, 0.29) is 6.03 Å². The number of hydrogen-bond donors (Lipinski definition) is 1. The molecule has 1 N–H and O–H groups in total. The molecule has 0 spiro atoms. The maximum atomic E-state index is 11.7. The summed E-state index contributed by atoms with van der Waals surface area (Å²) < 4.78 is 0. The first-order valence-electron chi connectivity index (χ1n) is 6.03. The van der Waals surface area contributed by atoms with E-state index in [4.69, 9.17) is 0 Å². The number of amides is 2. The molecule has 1 fully saturated rings. The Kier molecular flexibility index (Phi) is 5.47. The lowest BCUT2D eigenvalue weighted by atomic mass is 10.3. The van der Waals surface area contributed by atoms with Gasteiger partial charge in [-0.2, -0.15) is 0 Å². The van der Waals surface area contributed by atoms with Crippen molar-refractivity contribution in [3.63, 3.8) is 0 Å². The summed E-state index contributed by atoms with van der Waals surface area (Å²) in [5.41, 5.74) is 0. The largest absolute Gasteiger partial charge is 0.338 e. The first-order valence-corrected chi connectivity index (χ1v) is 6.03. The van der Waals surface area contributed by atoms with Gasteiger partial charge in [0.25, 0.3) is 0 Å². The van der Waals surface area contributed by atoms with Crippen molar-refractivity contribution < 1.29 is 4.79 Å². The molecular formula is C11H23N3O. The molecule has 2 amide bonds. The lowest BCUT2D eigenvalue weighted by Gasteiger charge is -2.33. The number of nitrogens with one attached hydrogen (secondary N) is 1. The van der Waals surface area contributed by atoms with Gasteiger partial charge in [-0.3, -0.25) is 0 Å². The minimum Gasteiger partial charge on any atom is -0.338 e. The van der Waals surface area contributed by atoms with Crippen LogP contribution in [0.5, 0.6) is 0 Å². The van der Waals surface area contributed by atoms with Gasteiger partial charge in [0.15, 0.2) is 0 Å². The molecule has 0 atom stereocenters. The molecule has 1 saturated heterocycles. The van der Waals surface area contributed by atoms with Gasteiger partial charge in [-0.05, 0) is 13.0 Å². The average Bonchev–Trinajstić information content (AvgIpc) is 2.29. The minimum atomic E-state index is 0.110. The Morgan fingerprint density at radius 2 is 1.87 bits per heavy atom. The van der Waals surface area contributed by atoms with Gasteiger partial charge in [0.2, 0.25) is 0 Å². The summed E-state index contributed by atoms with van der Waals surface area (Å²) in [7, 11) is 0. The summed E-state index contributed by atoms with van der Waals surface area (Å²) in [6, 6.07) is 0.110. The van der Waals surface area contributed by atoms with Crippen molar-refractivity contribution in [2.24, 2.45) is 0 Å². The average molecular weight is 213 g/mol. The Balaban J connectivity index is 2.18. The fraction of sp³-hybridized carbons (Fsp3) is 0.909. The van der Waals surface area contributed by atoms with Gasteiger partial charge in [-0.1, -0.05) is 20.3 Å². The van der Waals surface area contributed by atoms with Gasteiger partial charge in [0.1, 0.15) is 0 Å². The lowest BCUT2D eigenvalue weighted by Crippen LogP contribution is -2.51. The molecule has 0 radical (unpaired) electrons. The number of carbonyl (C=O) groups excluding carboxylic acids is 1. The van der Waals surface area contributed by atoms with E-state index >= 15 is 0 Å². The quantitative estimate of drug-likeness (QED) is 0.711. The van der Waals surface area contributed by atoms with E-state index in [0.29, 0.717) is 0 Å². The number of likely N-dealkylation sites (N-methyl/N-ethyl adjacent to an activating group) is 1. The van der Waals surface area contributed by atoms with Crippen LogP contribution in [0.4, 0.5) is 4.79 Å². The predicted octanol–water partition coefficient (Wildman–Crippen LogP) is 1.13. The Bertz CT molecular complexity index is 188. The summed E-state index contributed by atoms with van der Waals surface area (Å²) in [6.07, 6.45) is 2.20. The molecule has 4 nitrogen and oxygen atoms in total. The molecule has 88 valence electrons. The van der Waals surface area contributed by atoms with E-state index in [2.05, 4.69) is 24.1 Å². The monoisotopic (exact) mass is 213 g/mol. The van der Waals surface area contributed by atoms with E-state index in [0.717, 1.165) is 52.1 Å². The molecule has 1 aliphatic rings. The maximum Gasteiger partial charge on any atom is 0.317 e. The van der Waals surface area contributed by atoms with Crippen LogP contribution in [0.3, 0.4) is 0 Å². The van der Waals surface area contributed by atoms with Crippen molar-refractivity contribution in [1.29, 1.82) is 0 Å². The highest BCUT2D eigenvalue weighted by atomic mass is 16.2. The number of piperazine rings is 1. The van der Waals surface area contributed by atoms with Gasteiger partial charge in [0, 0.05) is 32.7 Å². The summed E-state index contributed by atoms with van der Waals surface area (Å²) in [5, 5.41) is 2.95. The molecule has 0 saturated carbocycles. The number of urea groups is 1. The Labute approximate surface area is 92.6 Å². The highest BCUT2D eigenvalue weighted by Gasteiger charge is 2.19. The lowest BCUT2D eigenvalue weighted by molar-refractivity contribution is 0.143. The first kappa shape index (κ1) is 12.3. The van der Waals surface area contributed by atoms with Gasteiger partial charge < -0.3 is 15.1 Å². The molecule has 1 rings (SSSR count). The van der Waals surface area contributed by atoms with E-state index < -0.39 is 0 Å². The molecule has 0 bridgehead atoms. The second-order valence-electron chi connectivity index (χ2n) is 4.01. The van der Waals surface area contributed by atoms with Crippen LogP contribution in [-0.2, 0) is 0 Å². The maximum absolute atomic E-state index is 11.7. The van der Waals surface area contributed by atoms with Crippen LogP contribution in [0.25, 0.3) is 0 Å². The SMILES string of the molecule is CCCCNC(=O)N1CCN(CC)CC1. The van der Waals surface area contributed by atoms with Crippen LogP contribution in [0.1, 0.15) is 26.7 Å². The number of carbonyl (C=O) groups is 1. The Morgan fingerprint density at radius 3 is 2.40 bits per heavy atom. The highest BCUT2D eigenvalue weighted by molar-refractivity contribution is 5.74. The van der Waals surface area contributed by atoms with Gasteiger partial charge in [-0.15, -0.1) is 0 Å². The van der Waals surface area contributed by atoms with Crippen molar-refractivity contribution in [2.45, 2.75) is 26.7 Å². The van der Waals surface area contributed by atoms with Crippen LogP contribution in [-0.4, -0.2) is 55.1 Å². The van der Waals surface area contributed by atoms with Gasteiger partial charge >= 0.3 is 6.03 Å². The predicted molar refractivity (Wildman–Crippen MR) is 62.0 cm³/mol. The van der Waals surface area contributed by atoms with Crippen molar-refractivity contribution >= 4 is 6.03 Å². The van der Waals surface area contributed by atoms with Crippen LogP contribution < -0.4 is 5.32 Å². The van der Waals surface area contributed by atoms with E-state index in [9.17, 15) is 4.79 Å². The molecule has 0 aromatic carbocycles. The third kappa shape index (κ3) is 4.08. The number of unbranched alkanes of at least 4 members (excludes halogenated alkanes) is 1. The molecule has 0 aromatic heterocycles. The van der Waals surface area contributed by atoms with E-state index in [1.807, 2.05) is 4.90 Å². The zero-order valence-electron chi connectivity index (χ0n) is 9.96. The number of rotatable bonds is 4. The molecule has 0 aliphatic carbocycles. The number of nitrogens with zero attached hydrogens (tertiary/aromatic N) is 2. The smallest absolute Gasteiger partial charge is 0.317 e. The first-order chi connectivity index (χ1) is 7.27. The minimum absolute atomic E-state index is 0.110. The van der Waals surface area contributed by atoms with Crippen molar-refractivity contribution in [2.75, 3.05) is 39.3 Å². The molecule has 4 heteroatoms. The highest BCUT2D eigenvalue weighted by Crippen LogP contribution is 2.01. The van der Waals surface area contributed by atoms with Crippen molar-refractivity contribution in [1.82, 2.24) is 15.1 Å². The van der Waals surface area contributed by atoms with Crippen LogP contribution in [0, 0.1) is 0 Å². The van der Waals surface area contributed by atoms with Crippen LogP contribution in [0.15, 0.2) is 0 Å². The molecule has 1 heterocycles.